The fourth-order valence-electron chi connectivity index (χ4n) is 3.88. The number of nitrogens with zero attached hydrogens (tertiary/aromatic N) is 3. The van der Waals surface area contributed by atoms with Crippen LogP contribution in [0.4, 0.5) is 5.13 Å². The van der Waals surface area contributed by atoms with E-state index in [4.69, 9.17) is 0 Å². The van der Waals surface area contributed by atoms with Crippen molar-refractivity contribution >= 4 is 53.1 Å². The second-order valence-corrected chi connectivity index (χ2v) is 8.19. The van der Waals surface area contributed by atoms with Crippen molar-refractivity contribution in [1.29, 1.82) is 0 Å². The summed E-state index contributed by atoms with van der Waals surface area (Å²) < 4.78 is 0. The fourth-order valence-corrected chi connectivity index (χ4v) is 4.75. The topological polar surface area (TPSA) is 65.5 Å². The van der Waals surface area contributed by atoms with Gasteiger partial charge >= 0.3 is 0 Å². The Morgan fingerprint density at radius 3 is 2.67 bits per heavy atom. The zero-order valence-electron chi connectivity index (χ0n) is 17.0. The van der Waals surface area contributed by atoms with Crippen LogP contribution in [-0.2, 0) is 22.4 Å². The summed E-state index contributed by atoms with van der Waals surface area (Å²) in [4.78, 5) is 33.2. The van der Waals surface area contributed by atoms with Gasteiger partial charge in [-0.3, -0.25) is 14.5 Å². The highest BCUT2D eigenvalue weighted by atomic mass is 35.5. The summed E-state index contributed by atoms with van der Waals surface area (Å²) in [5.74, 6) is 0.223. The van der Waals surface area contributed by atoms with Gasteiger partial charge in [0.2, 0.25) is 11.8 Å². The van der Waals surface area contributed by atoms with Gasteiger partial charge in [0.1, 0.15) is 0 Å². The van der Waals surface area contributed by atoms with Crippen molar-refractivity contribution in [1.82, 2.24) is 15.2 Å². The molecule has 0 aliphatic carbocycles. The first kappa shape index (κ1) is 24.6. The smallest absolute Gasteiger partial charge is 0.229 e. The van der Waals surface area contributed by atoms with E-state index in [0.717, 1.165) is 43.3 Å². The molecule has 0 saturated carbocycles. The largest absolute Gasteiger partial charge is 0.333 e. The first-order valence-electron chi connectivity index (χ1n) is 9.99. The Balaban J connectivity index is 0.00000160. The molecule has 1 atom stereocenters. The van der Waals surface area contributed by atoms with Crippen molar-refractivity contribution in [3.05, 3.63) is 46.5 Å². The van der Waals surface area contributed by atoms with Crippen molar-refractivity contribution < 1.29 is 9.59 Å². The number of hydrogen-bond donors (Lipinski definition) is 1. The number of halogens is 2. The second kappa shape index (κ2) is 11.1. The fraction of sp³-hybridized carbons (Fsp3) is 0.476. The van der Waals surface area contributed by atoms with E-state index in [-0.39, 0.29) is 49.1 Å². The zero-order chi connectivity index (χ0) is 19.5. The van der Waals surface area contributed by atoms with Crippen molar-refractivity contribution in [2.45, 2.75) is 38.6 Å². The first-order valence-corrected chi connectivity index (χ1v) is 10.9. The normalized spacial score (nSPS) is 18.7. The number of benzene rings is 1. The molecule has 2 saturated heterocycles. The van der Waals surface area contributed by atoms with E-state index >= 15 is 0 Å². The van der Waals surface area contributed by atoms with E-state index in [1.807, 2.05) is 10.3 Å². The number of amides is 2. The Hall–Kier alpha value is -1.67. The monoisotopic (exact) mass is 470 g/mol. The molecule has 164 valence electrons. The second-order valence-electron chi connectivity index (χ2n) is 7.35. The number of carbonyl (C=O) groups is 2. The van der Waals surface area contributed by atoms with Crippen LogP contribution in [0.5, 0.6) is 0 Å². The van der Waals surface area contributed by atoms with Crippen molar-refractivity contribution in [3.63, 3.8) is 0 Å². The molecule has 1 unspecified atom stereocenters. The highest BCUT2D eigenvalue weighted by Crippen LogP contribution is 2.27. The Morgan fingerprint density at radius 1 is 1.23 bits per heavy atom. The molecule has 2 aliphatic rings. The quantitative estimate of drug-likeness (QED) is 0.726. The molecule has 2 aliphatic heterocycles. The first-order chi connectivity index (χ1) is 13.7. The average molecular weight is 471 g/mol. The lowest BCUT2D eigenvalue weighted by molar-refractivity contribution is -0.133. The Bertz CT molecular complexity index is 859. The van der Waals surface area contributed by atoms with Gasteiger partial charge in [-0.15, -0.1) is 36.2 Å². The molecular weight excluding hydrogens is 443 g/mol. The minimum absolute atomic E-state index is 0. The number of aryl methyl sites for hydroxylation is 1. The molecule has 4 rings (SSSR count). The van der Waals surface area contributed by atoms with Crippen LogP contribution in [0, 0.1) is 0 Å². The number of thiazole rings is 1. The van der Waals surface area contributed by atoms with Crippen LogP contribution in [-0.4, -0.2) is 47.9 Å². The highest BCUT2D eigenvalue weighted by molar-refractivity contribution is 7.14. The summed E-state index contributed by atoms with van der Waals surface area (Å²) in [5, 5.41) is 6.03. The van der Waals surface area contributed by atoms with Crippen LogP contribution >= 0.6 is 36.2 Å². The average Bonchev–Trinajstić information content (AvgIpc) is 3.36. The number of aromatic nitrogens is 1. The van der Waals surface area contributed by atoms with Gasteiger partial charge < -0.3 is 10.2 Å². The van der Waals surface area contributed by atoms with Crippen LogP contribution < -0.4 is 10.2 Å². The number of piperazine rings is 1. The molecule has 3 heterocycles. The molecule has 6 nitrogen and oxygen atoms in total. The molecule has 1 N–H and O–H groups in total. The Labute approximate surface area is 193 Å². The number of nitrogens with one attached hydrogen (secondary N) is 1. The molecule has 30 heavy (non-hydrogen) atoms. The van der Waals surface area contributed by atoms with Gasteiger partial charge in [-0.2, -0.15) is 0 Å². The minimum Gasteiger partial charge on any atom is -0.333 e. The lowest BCUT2D eigenvalue weighted by Gasteiger charge is -2.36. The number of hydrogen-bond acceptors (Lipinski definition) is 5. The summed E-state index contributed by atoms with van der Waals surface area (Å²) in [5.41, 5.74) is 3.22. The van der Waals surface area contributed by atoms with Gasteiger partial charge in [0.15, 0.2) is 5.13 Å². The molecule has 9 heteroatoms. The number of carbonyl (C=O) groups excluding carboxylic acids is 2. The van der Waals surface area contributed by atoms with E-state index in [9.17, 15) is 9.59 Å². The third-order valence-electron chi connectivity index (χ3n) is 5.51. The van der Waals surface area contributed by atoms with E-state index in [2.05, 4.69) is 41.5 Å². The Kier molecular flexibility index (Phi) is 9.09. The van der Waals surface area contributed by atoms with Crippen molar-refractivity contribution in [2.75, 3.05) is 31.1 Å². The molecule has 0 radical (unpaired) electrons. The van der Waals surface area contributed by atoms with Gasteiger partial charge in [0.25, 0.3) is 0 Å². The van der Waals surface area contributed by atoms with Gasteiger partial charge in [-0.05, 0) is 24.0 Å². The van der Waals surface area contributed by atoms with Gasteiger partial charge in [0, 0.05) is 38.0 Å². The van der Waals surface area contributed by atoms with Gasteiger partial charge in [-0.25, -0.2) is 4.98 Å². The summed E-state index contributed by atoms with van der Waals surface area (Å²) in [6.07, 6.45) is 2.76. The van der Waals surface area contributed by atoms with Crippen LogP contribution in [0.3, 0.4) is 0 Å². The van der Waals surface area contributed by atoms with Gasteiger partial charge in [-0.1, -0.05) is 31.2 Å². The molecule has 0 spiro atoms. The van der Waals surface area contributed by atoms with Crippen molar-refractivity contribution in [2.24, 2.45) is 0 Å². The molecule has 1 aromatic carbocycles. The van der Waals surface area contributed by atoms with Crippen molar-refractivity contribution in [3.8, 4) is 0 Å². The van der Waals surface area contributed by atoms with E-state index in [0.29, 0.717) is 13.0 Å². The third-order valence-corrected chi connectivity index (χ3v) is 6.43. The van der Waals surface area contributed by atoms with Crippen LogP contribution in [0.2, 0.25) is 0 Å². The molecular formula is C21H28Cl2N4O2S. The predicted octanol–water partition coefficient (Wildman–Crippen LogP) is 3.39. The number of rotatable bonds is 5. The van der Waals surface area contributed by atoms with Gasteiger partial charge in [0.05, 0.1) is 18.2 Å². The van der Waals surface area contributed by atoms with Crippen LogP contribution in [0.1, 0.15) is 42.6 Å². The maximum Gasteiger partial charge on any atom is 0.229 e. The maximum absolute atomic E-state index is 13.1. The Morgan fingerprint density at radius 2 is 2.00 bits per heavy atom. The summed E-state index contributed by atoms with van der Waals surface area (Å²) in [6, 6.07) is 8.61. The molecule has 1 aromatic heterocycles. The van der Waals surface area contributed by atoms with E-state index < -0.39 is 0 Å². The zero-order valence-corrected chi connectivity index (χ0v) is 19.5. The molecule has 2 aromatic rings. The molecule has 2 amide bonds. The van der Waals surface area contributed by atoms with E-state index in [1.165, 1.54) is 22.5 Å². The molecule has 0 bridgehead atoms. The number of anilines is 1. The molecule has 2 fully saturated rings. The lowest BCUT2D eigenvalue weighted by atomic mass is 10.0. The summed E-state index contributed by atoms with van der Waals surface area (Å²) in [7, 11) is 0. The van der Waals surface area contributed by atoms with Crippen LogP contribution in [0.15, 0.2) is 29.6 Å². The summed E-state index contributed by atoms with van der Waals surface area (Å²) in [6.45, 7) is 5.14. The predicted molar refractivity (Wildman–Crippen MR) is 125 cm³/mol. The minimum atomic E-state index is 0. The maximum atomic E-state index is 13.1. The van der Waals surface area contributed by atoms with E-state index in [1.54, 1.807) is 4.90 Å². The lowest BCUT2D eigenvalue weighted by Crippen LogP contribution is -2.49. The highest BCUT2D eigenvalue weighted by Gasteiger charge is 2.29. The SMILES string of the molecule is CCc1ccc(C2CNCCN2C(=O)Cc2csc(N3CCCC3=O)n2)cc1.Cl.Cl. The standard InChI is InChI=1S/C21H26N4O2S.2ClH/c1-2-15-5-7-16(8-6-15)18-13-22-9-11-24(18)20(27)12-17-14-28-21(23-17)25-10-3-4-19(25)26;;/h5-8,14,18,22H,2-4,9-13H2,1H3;2*1H. The summed E-state index contributed by atoms with van der Waals surface area (Å²) >= 11 is 1.45. The third kappa shape index (κ3) is 5.32. The van der Waals surface area contributed by atoms with Crippen LogP contribution in [0.25, 0.3) is 0 Å².